The zero-order valence-electron chi connectivity index (χ0n) is 16.9. The topological polar surface area (TPSA) is 58.1 Å². The summed E-state index contributed by atoms with van der Waals surface area (Å²) < 4.78 is 0. The molecule has 1 aromatic heterocycles. The van der Waals surface area contributed by atoms with E-state index in [4.69, 9.17) is 0 Å². The summed E-state index contributed by atoms with van der Waals surface area (Å²) in [4.78, 5) is 15.0. The first-order valence-corrected chi connectivity index (χ1v) is 10.1. The second-order valence-corrected chi connectivity index (χ2v) is 7.66. The van der Waals surface area contributed by atoms with Gasteiger partial charge >= 0.3 is 0 Å². The van der Waals surface area contributed by atoms with Gasteiger partial charge in [-0.3, -0.25) is 4.79 Å². The monoisotopic (exact) mass is 386 g/mol. The predicted octanol–water partition coefficient (Wildman–Crippen LogP) is 4.62. The lowest BCUT2D eigenvalue weighted by Gasteiger charge is -2.32. The van der Waals surface area contributed by atoms with Crippen molar-refractivity contribution < 1.29 is 4.79 Å². The number of anilines is 2. The van der Waals surface area contributed by atoms with E-state index in [1.165, 1.54) is 0 Å². The molecule has 0 unspecified atom stereocenters. The zero-order valence-corrected chi connectivity index (χ0v) is 16.9. The van der Waals surface area contributed by atoms with Crippen molar-refractivity contribution >= 4 is 17.4 Å². The Labute approximate surface area is 171 Å². The van der Waals surface area contributed by atoms with Crippen molar-refractivity contribution in [1.82, 2.24) is 10.2 Å². The van der Waals surface area contributed by atoms with Gasteiger partial charge in [0.1, 0.15) is 0 Å². The first-order valence-electron chi connectivity index (χ1n) is 10.1. The first kappa shape index (κ1) is 19.1. The number of piperidine rings is 1. The van der Waals surface area contributed by atoms with Gasteiger partial charge in [-0.05, 0) is 49.9 Å². The third kappa shape index (κ3) is 4.29. The maximum atomic E-state index is 12.8. The van der Waals surface area contributed by atoms with Crippen molar-refractivity contribution in [1.29, 1.82) is 0 Å². The van der Waals surface area contributed by atoms with Crippen molar-refractivity contribution in [2.75, 3.05) is 23.3 Å². The molecule has 0 aliphatic carbocycles. The Kier molecular flexibility index (Phi) is 5.56. The number of hydrogen-bond donors (Lipinski definition) is 1. The van der Waals surface area contributed by atoms with E-state index in [1.807, 2.05) is 74.5 Å². The molecule has 0 spiro atoms. The normalized spacial score (nSPS) is 14.6. The molecule has 1 aliphatic heterocycles. The van der Waals surface area contributed by atoms with E-state index in [9.17, 15) is 4.79 Å². The van der Waals surface area contributed by atoms with Crippen molar-refractivity contribution in [3.8, 4) is 11.3 Å². The predicted molar refractivity (Wildman–Crippen MR) is 117 cm³/mol. The Morgan fingerprint density at radius 3 is 2.21 bits per heavy atom. The second kappa shape index (κ2) is 8.43. The fraction of sp³-hybridized carbons (Fsp3) is 0.292. The molecule has 0 saturated carbocycles. The molecule has 1 amide bonds. The molecule has 1 fully saturated rings. The Balaban J connectivity index is 1.36. The number of aryl methyl sites for hydroxylation is 2. The van der Waals surface area contributed by atoms with E-state index < -0.39 is 0 Å². The van der Waals surface area contributed by atoms with Crippen LogP contribution in [0.5, 0.6) is 0 Å². The summed E-state index contributed by atoms with van der Waals surface area (Å²) in [5, 5.41) is 11.9. The van der Waals surface area contributed by atoms with E-state index >= 15 is 0 Å². The molecule has 1 aliphatic rings. The largest absolute Gasteiger partial charge is 0.355 e. The standard InChI is InChI=1S/C24H26N4O/c1-17-7-6-8-18(2)23(17)25-24(29)20-13-15-28(16-14-20)22-12-11-21(26-27-22)19-9-4-3-5-10-19/h3-12,20H,13-16H2,1-2H3,(H,25,29). The van der Waals surface area contributed by atoms with Gasteiger partial charge in [0.2, 0.25) is 5.91 Å². The van der Waals surface area contributed by atoms with Crippen LogP contribution in [-0.2, 0) is 4.79 Å². The number of para-hydroxylation sites is 1. The molecule has 0 radical (unpaired) electrons. The number of nitrogens with zero attached hydrogens (tertiary/aromatic N) is 3. The maximum Gasteiger partial charge on any atom is 0.227 e. The van der Waals surface area contributed by atoms with Crippen molar-refractivity contribution in [3.63, 3.8) is 0 Å². The van der Waals surface area contributed by atoms with Crippen LogP contribution in [0.25, 0.3) is 11.3 Å². The number of carbonyl (C=O) groups excluding carboxylic acids is 1. The number of carbonyl (C=O) groups is 1. The number of amides is 1. The quantitative estimate of drug-likeness (QED) is 0.711. The molecule has 2 aromatic carbocycles. The molecule has 148 valence electrons. The van der Waals surface area contributed by atoms with Crippen LogP contribution >= 0.6 is 0 Å². The molecular weight excluding hydrogens is 360 g/mol. The highest BCUT2D eigenvalue weighted by Crippen LogP contribution is 2.26. The van der Waals surface area contributed by atoms with Gasteiger partial charge in [-0.1, -0.05) is 48.5 Å². The van der Waals surface area contributed by atoms with Crippen LogP contribution in [0.3, 0.4) is 0 Å². The van der Waals surface area contributed by atoms with E-state index in [0.29, 0.717) is 0 Å². The molecular formula is C24H26N4O. The number of benzene rings is 2. The van der Waals surface area contributed by atoms with Gasteiger partial charge < -0.3 is 10.2 Å². The molecule has 5 heteroatoms. The lowest BCUT2D eigenvalue weighted by Crippen LogP contribution is -2.38. The SMILES string of the molecule is Cc1cccc(C)c1NC(=O)C1CCN(c2ccc(-c3ccccc3)nn2)CC1. The number of rotatable bonds is 4. The fourth-order valence-electron chi connectivity index (χ4n) is 3.86. The summed E-state index contributed by atoms with van der Waals surface area (Å²) >= 11 is 0. The highest BCUT2D eigenvalue weighted by atomic mass is 16.1. The molecule has 1 N–H and O–H groups in total. The maximum absolute atomic E-state index is 12.8. The van der Waals surface area contributed by atoms with Crippen molar-refractivity contribution in [2.45, 2.75) is 26.7 Å². The molecule has 2 heterocycles. The minimum absolute atomic E-state index is 0.0295. The lowest BCUT2D eigenvalue weighted by molar-refractivity contribution is -0.120. The summed E-state index contributed by atoms with van der Waals surface area (Å²) in [6.45, 7) is 5.68. The second-order valence-electron chi connectivity index (χ2n) is 7.66. The summed E-state index contributed by atoms with van der Waals surface area (Å²) in [5.41, 5.74) is 5.09. The van der Waals surface area contributed by atoms with E-state index in [2.05, 4.69) is 20.4 Å². The van der Waals surface area contributed by atoms with E-state index in [0.717, 1.165) is 59.8 Å². The van der Waals surface area contributed by atoms with Crippen LogP contribution in [0.2, 0.25) is 0 Å². The Hall–Kier alpha value is -3.21. The molecule has 29 heavy (non-hydrogen) atoms. The van der Waals surface area contributed by atoms with Gasteiger partial charge in [0.05, 0.1) is 5.69 Å². The van der Waals surface area contributed by atoms with Crippen LogP contribution in [0.15, 0.2) is 60.7 Å². The number of aromatic nitrogens is 2. The molecule has 4 rings (SSSR count). The van der Waals surface area contributed by atoms with Crippen LogP contribution in [0.4, 0.5) is 11.5 Å². The molecule has 3 aromatic rings. The third-order valence-electron chi connectivity index (χ3n) is 5.64. The van der Waals surface area contributed by atoms with Crippen LogP contribution in [0, 0.1) is 19.8 Å². The van der Waals surface area contributed by atoms with E-state index in [-0.39, 0.29) is 11.8 Å². The minimum atomic E-state index is 0.0295. The average Bonchev–Trinajstić information content (AvgIpc) is 2.77. The molecule has 5 nitrogen and oxygen atoms in total. The zero-order chi connectivity index (χ0) is 20.2. The summed E-state index contributed by atoms with van der Waals surface area (Å²) in [7, 11) is 0. The molecule has 0 atom stereocenters. The third-order valence-corrected chi connectivity index (χ3v) is 5.64. The Morgan fingerprint density at radius 2 is 1.59 bits per heavy atom. The van der Waals surface area contributed by atoms with Gasteiger partial charge in [-0.15, -0.1) is 10.2 Å². The first-order chi connectivity index (χ1) is 14.1. The fourth-order valence-corrected chi connectivity index (χ4v) is 3.86. The highest BCUT2D eigenvalue weighted by Gasteiger charge is 2.26. The van der Waals surface area contributed by atoms with Gasteiger partial charge in [0.15, 0.2) is 5.82 Å². The van der Waals surface area contributed by atoms with E-state index in [1.54, 1.807) is 0 Å². The van der Waals surface area contributed by atoms with Crippen LogP contribution < -0.4 is 10.2 Å². The van der Waals surface area contributed by atoms with Gasteiger partial charge in [-0.2, -0.15) is 0 Å². The van der Waals surface area contributed by atoms with Crippen molar-refractivity contribution in [2.24, 2.45) is 5.92 Å². The molecule has 0 bridgehead atoms. The van der Waals surface area contributed by atoms with Gasteiger partial charge in [-0.25, -0.2) is 0 Å². The average molecular weight is 386 g/mol. The van der Waals surface area contributed by atoms with Gasteiger partial charge in [0.25, 0.3) is 0 Å². The number of hydrogen-bond acceptors (Lipinski definition) is 4. The molecule has 1 saturated heterocycles. The van der Waals surface area contributed by atoms with Gasteiger partial charge in [0, 0.05) is 30.3 Å². The summed E-state index contributed by atoms with van der Waals surface area (Å²) in [5.74, 6) is 1.02. The van der Waals surface area contributed by atoms with Crippen LogP contribution in [-0.4, -0.2) is 29.2 Å². The summed E-state index contributed by atoms with van der Waals surface area (Å²) in [6.07, 6.45) is 1.64. The number of nitrogens with one attached hydrogen (secondary N) is 1. The Morgan fingerprint density at radius 1 is 0.897 bits per heavy atom. The lowest BCUT2D eigenvalue weighted by atomic mass is 9.95. The minimum Gasteiger partial charge on any atom is -0.355 e. The van der Waals surface area contributed by atoms with Crippen molar-refractivity contribution in [3.05, 3.63) is 71.8 Å². The summed E-state index contributed by atoms with van der Waals surface area (Å²) in [6, 6.07) is 20.2. The Bertz CT molecular complexity index is 957. The highest BCUT2D eigenvalue weighted by molar-refractivity contribution is 5.94. The van der Waals surface area contributed by atoms with Crippen LogP contribution in [0.1, 0.15) is 24.0 Å². The smallest absolute Gasteiger partial charge is 0.227 e.